The summed E-state index contributed by atoms with van der Waals surface area (Å²) in [6.07, 6.45) is 0. The second kappa shape index (κ2) is 5.29. The maximum atomic E-state index is 6.22. The van der Waals surface area contributed by atoms with Crippen LogP contribution < -0.4 is 10.5 Å². The average molecular weight is 248 g/mol. The van der Waals surface area contributed by atoms with Crippen LogP contribution in [-0.4, -0.2) is 11.6 Å². The Bertz CT molecular complexity index is 496. The number of thiazole rings is 1. The van der Waals surface area contributed by atoms with E-state index in [4.69, 9.17) is 10.5 Å². The smallest absolute Gasteiger partial charge is 0.124 e. The van der Waals surface area contributed by atoms with E-state index < -0.39 is 0 Å². The molecule has 0 amide bonds. The van der Waals surface area contributed by atoms with Gasteiger partial charge in [0, 0.05) is 10.9 Å². The van der Waals surface area contributed by atoms with Gasteiger partial charge in [-0.2, -0.15) is 0 Å². The lowest BCUT2D eigenvalue weighted by Crippen LogP contribution is -2.14. The molecule has 4 heteroatoms. The van der Waals surface area contributed by atoms with E-state index in [-0.39, 0.29) is 6.04 Å². The molecule has 1 aromatic carbocycles. The first-order valence-electron chi connectivity index (χ1n) is 5.61. The van der Waals surface area contributed by atoms with Crippen molar-refractivity contribution in [3.05, 3.63) is 45.9 Å². The Morgan fingerprint density at radius 2 is 2.18 bits per heavy atom. The van der Waals surface area contributed by atoms with Crippen molar-refractivity contribution in [2.45, 2.75) is 19.9 Å². The summed E-state index contributed by atoms with van der Waals surface area (Å²) in [6, 6.07) is 7.63. The van der Waals surface area contributed by atoms with Gasteiger partial charge in [-0.1, -0.05) is 18.2 Å². The van der Waals surface area contributed by atoms with Crippen molar-refractivity contribution < 1.29 is 4.74 Å². The molecule has 2 rings (SSSR count). The van der Waals surface area contributed by atoms with Crippen LogP contribution in [0.4, 0.5) is 0 Å². The van der Waals surface area contributed by atoms with E-state index in [0.717, 1.165) is 22.0 Å². The molecule has 1 atom stereocenters. The number of aromatic nitrogens is 1. The van der Waals surface area contributed by atoms with Gasteiger partial charge in [-0.15, -0.1) is 11.3 Å². The molecule has 0 saturated carbocycles. The van der Waals surface area contributed by atoms with Gasteiger partial charge in [0.15, 0.2) is 0 Å². The summed E-state index contributed by atoms with van der Waals surface area (Å²) in [5.41, 5.74) is 8.11. The lowest BCUT2D eigenvalue weighted by molar-refractivity contribution is 0.335. The summed E-state index contributed by atoms with van der Waals surface area (Å²) in [5, 5.41) is 3.03. The minimum absolute atomic E-state index is 0.220. The summed E-state index contributed by atoms with van der Waals surface area (Å²) >= 11 is 1.61. The topological polar surface area (TPSA) is 48.1 Å². The number of rotatable bonds is 4. The van der Waals surface area contributed by atoms with Gasteiger partial charge in [0.2, 0.25) is 0 Å². The Balaban J connectivity index is 2.33. The fourth-order valence-electron chi connectivity index (χ4n) is 1.71. The van der Waals surface area contributed by atoms with Gasteiger partial charge < -0.3 is 10.5 Å². The van der Waals surface area contributed by atoms with Crippen molar-refractivity contribution in [2.75, 3.05) is 6.61 Å². The minimum Gasteiger partial charge on any atom is -0.494 e. The number of ether oxygens (including phenoxy) is 1. The second-order valence-electron chi connectivity index (χ2n) is 3.74. The molecule has 0 aliphatic carbocycles. The average Bonchev–Trinajstić information content (AvgIpc) is 2.76. The first kappa shape index (κ1) is 12.1. The van der Waals surface area contributed by atoms with Crippen LogP contribution in [0.3, 0.4) is 0 Å². The van der Waals surface area contributed by atoms with Crippen molar-refractivity contribution >= 4 is 11.3 Å². The lowest BCUT2D eigenvalue weighted by Gasteiger charge is -2.14. The Morgan fingerprint density at radius 3 is 2.82 bits per heavy atom. The van der Waals surface area contributed by atoms with E-state index in [1.807, 2.05) is 43.5 Å². The highest BCUT2D eigenvalue weighted by molar-refractivity contribution is 7.09. The predicted octanol–water partition coefficient (Wildman–Crippen LogP) is 2.90. The van der Waals surface area contributed by atoms with Crippen LogP contribution in [0.15, 0.2) is 29.6 Å². The van der Waals surface area contributed by atoms with Gasteiger partial charge in [-0.25, -0.2) is 4.98 Å². The molecular formula is C13H16N2OS. The van der Waals surface area contributed by atoms with Crippen molar-refractivity contribution in [1.29, 1.82) is 0 Å². The molecule has 0 saturated heterocycles. The van der Waals surface area contributed by atoms with Gasteiger partial charge in [-0.3, -0.25) is 0 Å². The Kier molecular flexibility index (Phi) is 3.76. The minimum atomic E-state index is -0.220. The molecule has 2 N–H and O–H groups in total. The largest absolute Gasteiger partial charge is 0.494 e. The van der Waals surface area contributed by atoms with Crippen LogP contribution in [0.1, 0.15) is 29.2 Å². The molecular weight excluding hydrogens is 232 g/mol. The Hall–Kier alpha value is -1.39. The number of para-hydroxylation sites is 1. The highest BCUT2D eigenvalue weighted by atomic mass is 32.1. The monoisotopic (exact) mass is 248 g/mol. The molecule has 0 aliphatic rings. The number of nitrogens with zero attached hydrogens (tertiary/aromatic N) is 1. The molecule has 17 heavy (non-hydrogen) atoms. The number of aryl methyl sites for hydroxylation is 1. The van der Waals surface area contributed by atoms with E-state index in [1.165, 1.54) is 0 Å². The van der Waals surface area contributed by atoms with E-state index in [1.54, 1.807) is 11.3 Å². The molecule has 0 radical (unpaired) electrons. The quantitative estimate of drug-likeness (QED) is 0.905. The molecule has 2 aromatic rings. The van der Waals surface area contributed by atoms with Crippen molar-refractivity contribution in [3.63, 3.8) is 0 Å². The molecule has 3 nitrogen and oxygen atoms in total. The maximum absolute atomic E-state index is 6.22. The molecule has 0 fully saturated rings. The first-order valence-corrected chi connectivity index (χ1v) is 6.49. The fraction of sp³-hybridized carbons (Fsp3) is 0.308. The fourth-order valence-corrected chi connectivity index (χ4v) is 2.36. The number of nitrogens with two attached hydrogens (primary N) is 1. The first-order chi connectivity index (χ1) is 8.22. The molecule has 0 bridgehead atoms. The van der Waals surface area contributed by atoms with Gasteiger partial charge in [0.1, 0.15) is 5.75 Å². The third-order valence-corrected chi connectivity index (χ3v) is 3.30. The second-order valence-corrected chi connectivity index (χ2v) is 4.80. The summed E-state index contributed by atoms with van der Waals surface area (Å²) in [6.45, 7) is 4.59. The Labute approximate surface area is 105 Å². The highest BCUT2D eigenvalue weighted by Crippen LogP contribution is 2.28. The summed E-state index contributed by atoms with van der Waals surface area (Å²) < 4.78 is 5.58. The van der Waals surface area contributed by atoms with E-state index in [0.29, 0.717) is 6.61 Å². The molecule has 0 spiro atoms. The van der Waals surface area contributed by atoms with Crippen LogP contribution in [0, 0.1) is 6.92 Å². The molecule has 0 aliphatic heterocycles. The van der Waals surface area contributed by atoms with Gasteiger partial charge in [0.25, 0.3) is 0 Å². The van der Waals surface area contributed by atoms with E-state index in [2.05, 4.69) is 4.98 Å². The third-order valence-electron chi connectivity index (χ3n) is 2.51. The summed E-state index contributed by atoms with van der Waals surface area (Å²) in [7, 11) is 0. The summed E-state index contributed by atoms with van der Waals surface area (Å²) in [5.74, 6) is 0.841. The normalized spacial score (nSPS) is 12.4. The van der Waals surface area contributed by atoms with Crippen LogP contribution in [0.5, 0.6) is 5.75 Å². The zero-order valence-electron chi connectivity index (χ0n) is 10.0. The van der Waals surface area contributed by atoms with Crippen molar-refractivity contribution in [2.24, 2.45) is 5.73 Å². The van der Waals surface area contributed by atoms with Crippen LogP contribution in [0.25, 0.3) is 0 Å². The molecule has 90 valence electrons. The molecule has 1 heterocycles. The van der Waals surface area contributed by atoms with E-state index in [9.17, 15) is 0 Å². The van der Waals surface area contributed by atoms with Crippen molar-refractivity contribution in [1.82, 2.24) is 4.98 Å². The maximum Gasteiger partial charge on any atom is 0.124 e. The van der Waals surface area contributed by atoms with E-state index >= 15 is 0 Å². The van der Waals surface area contributed by atoms with Gasteiger partial charge in [-0.05, 0) is 19.9 Å². The SMILES string of the molecule is CCOc1ccccc1C(N)c1csc(C)n1. The number of hydrogen-bond donors (Lipinski definition) is 1. The third kappa shape index (κ3) is 2.65. The molecule has 1 unspecified atom stereocenters. The number of benzene rings is 1. The summed E-state index contributed by atoms with van der Waals surface area (Å²) in [4.78, 5) is 4.43. The van der Waals surface area contributed by atoms with Crippen LogP contribution >= 0.6 is 11.3 Å². The predicted molar refractivity (Wildman–Crippen MR) is 70.5 cm³/mol. The van der Waals surface area contributed by atoms with Crippen LogP contribution in [0.2, 0.25) is 0 Å². The lowest BCUT2D eigenvalue weighted by atomic mass is 10.0. The zero-order chi connectivity index (χ0) is 12.3. The van der Waals surface area contributed by atoms with Crippen molar-refractivity contribution in [3.8, 4) is 5.75 Å². The van der Waals surface area contributed by atoms with Gasteiger partial charge >= 0.3 is 0 Å². The Morgan fingerprint density at radius 1 is 1.41 bits per heavy atom. The number of hydrogen-bond acceptors (Lipinski definition) is 4. The standard InChI is InChI=1S/C13H16N2OS/c1-3-16-12-7-5-4-6-10(12)13(14)11-8-17-9(2)15-11/h4-8,13H,3,14H2,1-2H3. The van der Waals surface area contributed by atoms with Crippen LogP contribution in [-0.2, 0) is 0 Å². The molecule has 1 aromatic heterocycles. The van der Waals surface area contributed by atoms with Gasteiger partial charge in [0.05, 0.1) is 23.4 Å². The highest BCUT2D eigenvalue weighted by Gasteiger charge is 2.15. The zero-order valence-corrected chi connectivity index (χ0v) is 10.8.